The maximum absolute atomic E-state index is 12.3. The van der Waals surface area contributed by atoms with E-state index in [-0.39, 0.29) is 17.2 Å². The van der Waals surface area contributed by atoms with Gasteiger partial charge in [-0.1, -0.05) is 12.1 Å². The van der Waals surface area contributed by atoms with Crippen molar-refractivity contribution in [2.24, 2.45) is 0 Å². The lowest BCUT2D eigenvalue weighted by Crippen LogP contribution is -2.33. The van der Waals surface area contributed by atoms with E-state index in [1.807, 2.05) is 6.92 Å². The first kappa shape index (κ1) is 14.4. The molecule has 0 radical (unpaired) electrons. The number of nitro benzene ring substituents is 1. The molecule has 1 rings (SSSR count). The lowest BCUT2D eigenvalue weighted by Gasteiger charge is -2.20. The second-order valence-corrected chi connectivity index (χ2v) is 4.18. The van der Waals surface area contributed by atoms with Crippen molar-refractivity contribution >= 4 is 23.2 Å². The minimum absolute atomic E-state index is 0.148. The van der Waals surface area contributed by atoms with Gasteiger partial charge in [0.25, 0.3) is 11.6 Å². The van der Waals surface area contributed by atoms with Crippen molar-refractivity contribution in [3.05, 3.63) is 39.4 Å². The Labute approximate surface area is 110 Å². The number of benzene rings is 1. The van der Waals surface area contributed by atoms with Gasteiger partial charge < -0.3 is 4.90 Å². The molecule has 0 aliphatic heterocycles. The molecule has 98 valence electrons. The number of alkyl halides is 1. The smallest absolute Gasteiger partial charge is 0.282 e. The van der Waals surface area contributed by atoms with E-state index in [4.69, 9.17) is 11.6 Å². The minimum atomic E-state index is -0.533. The Morgan fingerprint density at radius 1 is 1.50 bits per heavy atom. The third-order valence-corrected chi connectivity index (χ3v) is 2.85. The van der Waals surface area contributed by atoms with Crippen LogP contribution in [0.15, 0.2) is 18.2 Å². The lowest BCUT2D eigenvalue weighted by molar-refractivity contribution is -0.385. The third-order valence-electron chi connectivity index (χ3n) is 2.68. The van der Waals surface area contributed by atoms with Crippen LogP contribution in [0, 0.1) is 17.0 Å². The zero-order chi connectivity index (χ0) is 13.7. The predicted molar refractivity (Wildman–Crippen MR) is 70.1 cm³/mol. The minimum Gasteiger partial charge on any atom is -0.338 e. The molecule has 0 unspecified atom stereocenters. The lowest BCUT2D eigenvalue weighted by atomic mass is 10.1. The Kier molecular flexibility index (Phi) is 5.09. The van der Waals surface area contributed by atoms with Crippen LogP contribution in [0.25, 0.3) is 0 Å². The standard InChI is InChI=1S/C12H15ClN2O3/c1-3-14(8-7-13)12(16)11-9(2)5-4-6-10(11)15(17)18/h4-6H,3,7-8H2,1-2H3. The summed E-state index contributed by atoms with van der Waals surface area (Å²) in [5.41, 5.74) is 0.588. The molecule has 0 atom stereocenters. The van der Waals surface area contributed by atoms with Gasteiger partial charge in [0, 0.05) is 25.0 Å². The molecule has 5 nitrogen and oxygen atoms in total. The summed E-state index contributed by atoms with van der Waals surface area (Å²) in [5, 5.41) is 11.0. The van der Waals surface area contributed by atoms with Gasteiger partial charge in [0.15, 0.2) is 0 Å². The fourth-order valence-electron chi connectivity index (χ4n) is 1.75. The van der Waals surface area contributed by atoms with Gasteiger partial charge in [0.2, 0.25) is 0 Å². The van der Waals surface area contributed by atoms with Crippen LogP contribution < -0.4 is 0 Å². The van der Waals surface area contributed by atoms with Crippen LogP contribution in [0.3, 0.4) is 0 Å². The van der Waals surface area contributed by atoms with Crippen LogP contribution in [-0.4, -0.2) is 34.7 Å². The Morgan fingerprint density at radius 3 is 2.67 bits per heavy atom. The highest BCUT2D eigenvalue weighted by atomic mass is 35.5. The number of carbonyl (C=O) groups excluding carboxylic acids is 1. The highest BCUT2D eigenvalue weighted by Gasteiger charge is 2.25. The van der Waals surface area contributed by atoms with Crippen LogP contribution in [0.4, 0.5) is 5.69 Å². The summed E-state index contributed by atoms with van der Waals surface area (Å²) in [6.07, 6.45) is 0. The number of hydrogen-bond donors (Lipinski definition) is 0. The average molecular weight is 271 g/mol. The van der Waals surface area contributed by atoms with Crippen molar-refractivity contribution in [1.29, 1.82) is 0 Å². The number of halogens is 1. The highest BCUT2D eigenvalue weighted by molar-refractivity contribution is 6.18. The number of amides is 1. The summed E-state index contributed by atoms with van der Waals surface area (Å²) in [4.78, 5) is 24.2. The molecule has 0 N–H and O–H groups in total. The van der Waals surface area contributed by atoms with Gasteiger partial charge in [-0.2, -0.15) is 0 Å². The van der Waals surface area contributed by atoms with E-state index in [9.17, 15) is 14.9 Å². The van der Waals surface area contributed by atoms with Crippen LogP contribution in [-0.2, 0) is 0 Å². The predicted octanol–water partition coefficient (Wildman–Crippen LogP) is 2.60. The van der Waals surface area contributed by atoms with Crippen molar-refractivity contribution in [3.63, 3.8) is 0 Å². The normalized spacial score (nSPS) is 10.2. The van der Waals surface area contributed by atoms with Gasteiger partial charge in [-0.25, -0.2) is 0 Å². The van der Waals surface area contributed by atoms with E-state index in [0.29, 0.717) is 24.5 Å². The van der Waals surface area contributed by atoms with Crippen molar-refractivity contribution in [2.75, 3.05) is 19.0 Å². The summed E-state index contributed by atoms with van der Waals surface area (Å²) in [7, 11) is 0. The van der Waals surface area contributed by atoms with E-state index < -0.39 is 4.92 Å². The van der Waals surface area contributed by atoms with Gasteiger partial charge in [-0.3, -0.25) is 14.9 Å². The molecule has 0 aliphatic rings. The maximum atomic E-state index is 12.3. The molecule has 1 amide bonds. The Bertz CT molecular complexity index is 463. The largest absolute Gasteiger partial charge is 0.338 e. The summed E-state index contributed by atoms with van der Waals surface area (Å²) in [5.74, 6) is -0.0397. The second-order valence-electron chi connectivity index (χ2n) is 3.80. The van der Waals surface area contributed by atoms with E-state index in [0.717, 1.165) is 0 Å². The Balaban J connectivity index is 3.22. The number of rotatable bonds is 5. The molecule has 0 heterocycles. The molecule has 0 saturated carbocycles. The van der Waals surface area contributed by atoms with Crippen LogP contribution >= 0.6 is 11.6 Å². The van der Waals surface area contributed by atoms with Crippen LogP contribution in [0.5, 0.6) is 0 Å². The molecule has 18 heavy (non-hydrogen) atoms. The van der Waals surface area contributed by atoms with E-state index in [2.05, 4.69) is 0 Å². The molecule has 0 spiro atoms. The fraction of sp³-hybridized carbons (Fsp3) is 0.417. The fourth-order valence-corrected chi connectivity index (χ4v) is 1.95. The average Bonchev–Trinajstić information content (AvgIpc) is 2.34. The van der Waals surface area contributed by atoms with Crippen molar-refractivity contribution < 1.29 is 9.72 Å². The maximum Gasteiger partial charge on any atom is 0.282 e. The van der Waals surface area contributed by atoms with Crippen LogP contribution in [0.2, 0.25) is 0 Å². The van der Waals surface area contributed by atoms with Crippen LogP contribution in [0.1, 0.15) is 22.8 Å². The summed E-state index contributed by atoms with van der Waals surface area (Å²) >= 11 is 5.62. The molecular formula is C12H15ClN2O3. The quantitative estimate of drug-likeness (QED) is 0.469. The number of nitro groups is 1. The molecule has 6 heteroatoms. The van der Waals surface area contributed by atoms with Crippen molar-refractivity contribution in [3.8, 4) is 0 Å². The molecule has 0 aromatic heterocycles. The van der Waals surface area contributed by atoms with Gasteiger partial charge >= 0.3 is 0 Å². The zero-order valence-electron chi connectivity index (χ0n) is 10.4. The number of hydrogen-bond acceptors (Lipinski definition) is 3. The van der Waals surface area contributed by atoms with Gasteiger partial charge in [-0.15, -0.1) is 11.6 Å². The van der Waals surface area contributed by atoms with E-state index in [1.54, 1.807) is 19.1 Å². The first-order valence-corrected chi connectivity index (χ1v) is 6.15. The molecule has 0 bridgehead atoms. The molecule has 1 aromatic rings. The number of nitrogens with zero attached hydrogens (tertiary/aromatic N) is 2. The van der Waals surface area contributed by atoms with E-state index in [1.165, 1.54) is 11.0 Å². The topological polar surface area (TPSA) is 63.5 Å². The van der Waals surface area contributed by atoms with Gasteiger partial charge in [-0.05, 0) is 19.4 Å². The summed E-state index contributed by atoms with van der Waals surface area (Å²) < 4.78 is 0. The molecule has 0 fully saturated rings. The third kappa shape index (κ3) is 2.98. The zero-order valence-corrected chi connectivity index (χ0v) is 11.1. The SMILES string of the molecule is CCN(CCCl)C(=O)c1c(C)cccc1[N+](=O)[O-]. The molecular weight excluding hydrogens is 256 g/mol. The first-order valence-electron chi connectivity index (χ1n) is 5.62. The number of aryl methyl sites for hydroxylation is 1. The van der Waals surface area contributed by atoms with Crippen molar-refractivity contribution in [2.45, 2.75) is 13.8 Å². The summed E-state index contributed by atoms with van der Waals surface area (Å²) in [6.45, 7) is 4.35. The Morgan fingerprint density at radius 2 is 2.17 bits per heavy atom. The second kappa shape index (κ2) is 6.35. The molecule has 0 saturated heterocycles. The number of carbonyl (C=O) groups is 1. The highest BCUT2D eigenvalue weighted by Crippen LogP contribution is 2.23. The molecule has 1 aromatic carbocycles. The van der Waals surface area contributed by atoms with E-state index >= 15 is 0 Å². The summed E-state index contributed by atoms with van der Waals surface area (Å²) in [6, 6.07) is 4.60. The monoisotopic (exact) mass is 270 g/mol. The van der Waals surface area contributed by atoms with Gasteiger partial charge in [0.05, 0.1) is 4.92 Å². The Hall–Kier alpha value is -1.62. The van der Waals surface area contributed by atoms with Crippen molar-refractivity contribution in [1.82, 2.24) is 4.90 Å². The molecule has 0 aliphatic carbocycles. The first-order chi connectivity index (χ1) is 8.52. The van der Waals surface area contributed by atoms with Gasteiger partial charge in [0.1, 0.15) is 5.56 Å².